The van der Waals surface area contributed by atoms with Crippen LogP contribution in [-0.2, 0) is 4.79 Å². The topological polar surface area (TPSA) is 65.8 Å². The molecule has 0 saturated heterocycles. The summed E-state index contributed by atoms with van der Waals surface area (Å²) in [4.78, 5) is 23.3. The summed E-state index contributed by atoms with van der Waals surface area (Å²) in [5.41, 5.74) is 2.61. The average Bonchev–Trinajstić information content (AvgIpc) is 3.00. The summed E-state index contributed by atoms with van der Waals surface area (Å²) in [6.45, 7) is 0. The first kappa shape index (κ1) is 17.2. The molecule has 1 aliphatic rings. The van der Waals surface area contributed by atoms with Gasteiger partial charge in [-0.05, 0) is 54.1 Å². The standard InChI is InChI=1S/C21H14BrN3O2/c22-18-4-2-1-3-17(18)20-24-19(13-14-9-11-23-12-10-14)21(27)25(20)15-5-7-16(26)8-6-15/h1-13,26H/b19-13+. The zero-order valence-electron chi connectivity index (χ0n) is 14.1. The summed E-state index contributed by atoms with van der Waals surface area (Å²) >= 11 is 3.54. The lowest BCUT2D eigenvalue weighted by Gasteiger charge is -2.19. The number of phenols is 1. The fourth-order valence-electron chi connectivity index (χ4n) is 2.80. The van der Waals surface area contributed by atoms with E-state index in [9.17, 15) is 9.90 Å². The molecule has 2 aromatic carbocycles. The van der Waals surface area contributed by atoms with Crippen LogP contribution in [0.3, 0.4) is 0 Å². The van der Waals surface area contributed by atoms with Crippen LogP contribution in [0.15, 0.2) is 88.2 Å². The first-order valence-corrected chi connectivity index (χ1v) is 9.01. The van der Waals surface area contributed by atoms with E-state index in [4.69, 9.17) is 0 Å². The Balaban J connectivity index is 1.85. The van der Waals surface area contributed by atoms with Crippen molar-refractivity contribution < 1.29 is 9.90 Å². The Kier molecular flexibility index (Phi) is 4.56. The number of hydrogen-bond acceptors (Lipinski definition) is 4. The molecule has 27 heavy (non-hydrogen) atoms. The first-order chi connectivity index (χ1) is 13.1. The molecule has 0 fully saturated rings. The SMILES string of the molecule is O=C1/C(=C\c2ccncc2)N=C(c2ccccc2Br)N1c1ccc(O)cc1. The Morgan fingerprint density at radius 1 is 0.963 bits per heavy atom. The Morgan fingerprint density at radius 3 is 2.37 bits per heavy atom. The number of aliphatic imine (C=N–C) groups is 1. The molecule has 1 aromatic heterocycles. The second-order valence-electron chi connectivity index (χ2n) is 5.88. The number of benzene rings is 2. The number of pyridine rings is 1. The first-order valence-electron chi connectivity index (χ1n) is 8.22. The van der Waals surface area contributed by atoms with Gasteiger partial charge in [-0.3, -0.25) is 14.7 Å². The van der Waals surface area contributed by atoms with Crippen molar-refractivity contribution in [2.24, 2.45) is 4.99 Å². The lowest BCUT2D eigenvalue weighted by Crippen LogP contribution is -2.32. The van der Waals surface area contributed by atoms with Gasteiger partial charge < -0.3 is 5.11 Å². The molecule has 0 radical (unpaired) electrons. The van der Waals surface area contributed by atoms with Crippen LogP contribution in [0.25, 0.3) is 6.08 Å². The van der Waals surface area contributed by atoms with E-state index in [0.29, 0.717) is 17.2 Å². The molecule has 5 nitrogen and oxygen atoms in total. The quantitative estimate of drug-likeness (QED) is 0.640. The molecule has 1 amide bonds. The molecule has 0 unspecified atom stereocenters. The highest BCUT2D eigenvalue weighted by Gasteiger charge is 2.33. The van der Waals surface area contributed by atoms with Crippen molar-refractivity contribution in [2.45, 2.75) is 0 Å². The number of aromatic hydroxyl groups is 1. The van der Waals surface area contributed by atoms with Gasteiger partial charge in [0, 0.05) is 22.4 Å². The lowest BCUT2D eigenvalue weighted by atomic mass is 10.1. The molecule has 0 spiro atoms. The minimum atomic E-state index is -0.233. The highest BCUT2D eigenvalue weighted by molar-refractivity contribution is 9.10. The second-order valence-corrected chi connectivity index (χ2v) is 6.74. The van der Waals surface area contributed by atoms with Crippen molar-refractivity contribution in [1.29, 1.82) is 0 Å². The molecular weight excluding hydrogens is 406 g/mol. The summed E-state index contributed by atoms with van der Waals surface area (Å²) < 4.78 is 0.838. The van der Waals surface area contributed by atoms with Crippen LogP contribution in [0, 0.1) is 0 Å². The van der Waals surface area contributed by atoms with Crippen molar-refractivity contribution in [3.05, 3.63) is 94.4 Å². The van der Waals surface area contributed by atoms with E-state index in [1.165, 1.54) is 0 Å². The molecule has 1 aliphatic heterocycles. The van der Waals surface area contributed by atoms with E-state index in [1.54, 1.807) is 47.6 Å². The minimum Gasteiger partial charge on any atom is -0.508 e. The maximum atomic E-state index is 13.1. The Morgan fingerprint density at radius 2 is 1.67 bits per heavy atom. The molecule has 3 aromatic rings. The smallest absolute Gasteiger partial charge is 0.282 e. The summed E-state index contributed by atoms with van der Waals surface area (Å²) in [5, 5.41) is 9.58. The van der Waals surface area contributed by atoms with Crippen molar-refractivity contribution in [2.75, 3.05) is 4.90 Å². The molecule has 0 atom stereocenters. The lowest BCUT2D eigenvalue weighted by molar-refractivity contribution is -0.113. The number of amides is 1. The summed E-state index contributed by atoms with van der Waals surface area (Å²) in [7, 11) is 0. The monoisotopic (exact) mass is 419 g/mol. The second kappa shape index (κ2) is 7.17. The molecule has 1 N–H and O–H groups in total. The molecule has 6 heteroatoms. The molecule has 4 rings (SSSR count). The van der Waals surface area contributed by atoms with Crippen molar-refractivity contribution in [3.63, 3.8) is 0 Å². The largest absolute Gasteiger partial charge is 0.508 e. The molecule has 0 bridgehead atoms. The van der Waals surface area contributed by atoms with Crippen LogP contribution in [-0.4, -0.2) is 21.8 Å². The number of carbonyl (C=O) groups is 1. The van der Waals surface area contributed by atoms with E-state index >= 15 is 0 Å². The zero-order chi connectivity index (χ0) is 18.8. The van der Waals surface area contributed by atoms with Crippen LogP contribution in [0.4, 0.5) is 5.69 Å². The van der Waals surface area contributed by atoms with Crippen molar-refractivity contribution >= 4 is 39.4 Å². The third-order valence-corrected chi connectivity index (χ3v) is 4.78. The third kappa shape index (κ3) is 3.39. The van der Waals surface area contributed by atoms with Crippen LogP contribution in [0.5, 0.6) is 5.75 Å². The van der Waals surface area contributed by atoms with Gasteiger partial charge in [-0.15, -0.1) is 0 Å². The molecule has 0 saturated carbocycles. The molecular formula is C21H14BrN3O2. The van der Waals surface area contributed by atoms with Crippen molar-refractivity contribution in [3.8, 4) is 5.75 Å². The van der Waals surface area contributed by atoms with Gasteiger partial charge in [0.2, 0.25) is 0 Å². The van der Waals surface area contributed by atoms with Gasteiger partial charge in [-0.25, -0.2) is 4.99 Å². The van der Waals surface area contributed by atoms with E-state index in [-0.39, 0.29) is 11.7 Å². The van der Waals surface area contributed by atoms with Gasteiger partial charge >= 0.3 is 0 Å². The van der Waals surface area contributed by atoms with E-state index in [1.807, 2.05) is 36.4 Å². The van der Waals surface area contributed by atoms with E-state index in [0.717, 1.165) is 15.6 Å². The van der Waals surface area contributed by atoms with Crippen LogP contribution in [0.1, 0.15) is 11.1 Å². The minimum absolute atomic E-state index is 0.136. The predicted molar refractivity (Wildman–Crippen MR) is 108 cm³/mol. The van der Waals surface area contributed by atoms with Gasteiger partial charge in [-0.1, -0.05) is 34.1 Å². The number of nitrogens with zero attached hydrogens (tertiary/aromatic N) is 3. The van der Waals surface area contributed by atoms with Crippen LogP contribution in [0.2, 0.25) is 0 Å². The fraction of sp³-hybridized carbons (Fsp3) is 0. The van der Waals surface area contributed by atoms with E-state index in [2.05, 4.69) is 25.9 Å². The Bertz CT molecular complexity index is 1060. The highest BCUT2D eigenvalue weighted by Crippen LogP contribution is 2.31. The van der Waals surface area contributed by atoms with Gasteiger partial charge in [0.15, 0.2) is 0 Å². The molecule has 132 valence electrons. The van der Waals surface area contributed by atoms with Gasteiger partial charge in [-0.2, -0.15) is 0 Å². The van der Waals surface area contributed by atoms with Crippen LogP contribution < -0.4 is 4.90 Å². The van der Waals surface area contributed by atoms with E-state index < -0.39 is 0 Å². The zero-order valence-corrected chi connectivity index (χ0v) is 15.7. The van der Waals surface area contributed by atoms with Gasteiger partial charge in [0.05, 0.1) is 5.69 Å². The number of rotatable bonds is 3. The van der Waals surface area contributed by atoms with Gasteiger partial charge in [0.1, 0.15) is 17.3 Å². The number of anilines is 1. The normalized spacial score (nSPS) is 15.3. The number of halogens is 1. The molecule has 0 aliphatic carbocycles. The van der Waals surface area contributed by atoms with Gasteiger partial charge in [0.25, 0.3) is 5.91 Å². The summed E-state index contributed by atoms with van der Waals surface area (Å²) in [6, 6.07) is 17.7. The maximum absolute atomic E-state index is 13.1. The number of hydrogen-bond donors (Lipinski definition) is 1. The number of aromatic nitrogens is 1. The third-order valence-electron chi connectivity index (χ3n) is 4.09. The fourth-order valence-corrected chi connectivity index (χ4v) is 3.26. The van der Waals surface area contributed by atoms with Crippen molar-refractivity contribution in [1.82, 2.24) is 4.98 Å². The maximum Gasteiger partial charge on any atom is 0.282 e. The summed E-state index contributed by atoms with van der Waals surface area (Å²) in [6.07, 6.45) is 5.07. The highest BCUT2D eigenvalue weighted by atomic mass is 79.9. The predicted octanol–water partition coefficient (Wildman–Crippen LogP) is 4.38. The number of phenolic OH excluding ortho intramolecular Hbond substituents is 1. The number of amidine groups is 1. The Hall–Kier alpha value is -3.25. The Labute approximate surface area is 164 Å². The average molecular weight is 420 g/mol. The summed E-state index contributed by atoms with van der Waals surface area (Å²) in [5.74, 6) is 0.430. The number of carbonyl (C=O) groups excluding carboxylic acids is 1. The molecule has 2 heterocycles. The van der Waals surface area contributed by atoms with Crippen LogP contribution >= 0.6 is 15.9 Å².